The number of nitrogen functional groups attached to an aromatic ring is 1. The van der Waals surface area contributed by atoms with E-state index in [2.05, 4.69) is 5.16 Å². The number of nitrogens with two attached hydrogens (primary N) is 1. The zero-order valence-electron chi connectivity index (χ0n) is 10.3. The van der Waals surface area contributed by atoms with E-state index in [9.17, 15) is 0 Å². The monoisotopic (exact) mass is 304 g/mol. The summed E-state index contributed by atoms with van der Waals surface area (Å²) in [5, 5.41) is 4.91. The minimum Gasteiger partial charge on any atom is -0.380 e. The lowest BCUT2D eigenvalue weighted by Gasteiger charge is -2.05. The molecule has 20 heavy (non-hydrogen) atoms. The predicted octanol–water partition coefficient (Wildman–Crippen LogP) is 4.90. The highest BCUT2D eigenvalue weighted by Gasteiger charge is 2.19. The molecule has 0 fully saturated rings. The van der Waals surface area contributed by atoms with Gasteiger partial charge in [-0.2, -0.15) is 0 Å². The van der Waals surface area contributed by atoms with E-state index in [1.807, 2.05) is 30.3 Å². The number of anilines is 1. The van der Waals surface area contributed by atoms with E-state index in [1.54, 1.807) is 18.2 Å². The topological polar surface area (TPSA) is 52.0 Å². The Morgan fingerprint density at radius 2 is 1.75 bits per heavy atom. The molecule has 0 amide bonds. The van der Waals surface area contributed by atoms with Gasteiger partial charge in [0.1, 0.15) is 0 Å². The number of hydrogen-bond acceptors (Lipinski definition) is 3. The Hall–Kier alpha value is -1.97. The second-order valence-corrected chi connectivity index (χ2v) is 5.11. The van der Waals surface area contributed by atoms with Crippen LogP contribution in [0.3, 0.4) is 0 Å². The van der Waals surface area contributed by atoms with Crippen LogP contribution in [0.2, 0.25) is 10.0 Å². The Morgan fingerprint density at radius 1 is 1.00 bits per heavy atom. The molecule has 0 spiro atoms. The van der Waals surface area contributed by atoms with Gasteiger partial charge in [-0.05, 0) is 12.1 Å². The highest BCUT2D eigenvalue weighted by molar-refractivity contribution is 6.36. The van der Waals surface area contributed by atoms with Crippen molar-refractivity contribution < 1.29 is 4.52 Å². The van der Waals surface area contributed by atoms with Crippen LogP contribution in [0.4, 0.5) is 5.82 Å². The summed E-state index contributed by atoms with van der Waals surface area (Å²) in [7, 11) is 0. The van der Waals surface area contributed by atoms with Crippen molar-refractivity contribution in [1.82, 2.24) is 5.16 Å². The van der Waals surface area contributed by atoms with Gasteiger partial charge >= 0.3 is 0 Å². The first-order chi connectivity index (χ1) is 9.66. The summed E-state index contributed by atoms with van der Waals surface area (Å²) in [4.78, 5) is 0. The highest BCUT2D eigenvalue weighted by atomic mass is 35.5. The first kappa shape index (κ1) is 13.0. The van der Waals surface area contributed by atoms with Gasteiger partial charge < -0.3 is 10.3 Å². The lowest BCUT2D eigenvalue weighted by molar-refractivity contribution is 0.436. The number of halogens is 2. The van der Waals surface area contributed by atoms with Crippen LogP contribution < -0.4 is 5.73 Å². The third kappa shape index (κ3) is 2.26. The van der Waals surface area contributed by atoms with Crippen molar-refractivity contribution in [3.63, 3.8) is 0 Å². The van der Waals surface area contributed by atoms with Crippen molar-refractivity contribution in [3.05, 3.63) is 58.6 Å². The van der Waals surface area contributed by atoms with Gasteiger partial charge in [-0.15, -0.1) is 0 Å². The zero-order valence-corrected chi connectivity index (χ0v) is 11.8. The lowest BCUT2D eigenvalue weighted by Crippen LogP contribution is -1.89. The molecule has 0 radical (unpaired) electrons. The molecule has 0 bridgehead atoms. The number of hydrogen-bond donors (Lipinski definition) is 1. The Labute approximate surface area is 125 Å². The summed E-state index contributed by atoms with van der Waals surface area (Å²) in [6.07, 6.45) is 0. The molecule has 0 aliphatic rings. The fraction of sp³-hybridized carbons (Fsp3) is 0. The van der Waals surface area contributed by atoms with Gasteiger partial charge in [0.25, 0.3) is 0 Å². The molecule has 2 aromatic carbocycles. The minimum atomic E-state index is 0.299. The Morgan fingerprint density at radius 3 is 2.45 bits per heavy atom. The summed E-state index contributed by atoms with van der Waals surface area (Å²) in [5.41, 5.74) is 8.23. The molecule has 0 saturated heterocycles. The highest BCUT2D eigenvalue weighted by Crippen LogP contribution is 2.40. The van der Waals surface area contributed by atoms with Gasteiger partial charge in [0.15, 0.2) is 11.6 Å². The van der Waals surface area contributed by atoms with E-state index in [4.69, 9.17) is 33.5 Å². The first-order valence-electron chi connectivity index (χ1n) is 5.93. The molecule has 0 aliphatic heterocycles. The second kappa shape index (κ2) is 5.19. The number of aromatic nitrogens is 1. The molecule has 0 unspecified atom stereocenters. The number of benzene rings is 2. The standard InChI is InChI=1S/C15H10Cl2N2O/c16-10-6-7-11(12(17)8-10)13-14(20-19-15(13)18)9-4-2-1-3-5-9/h1-8H,(H2,18,19). The third-order valence-corrected chi connectivity index (χ3v) is 3.50. The van der Waals surface area contributed by atoms with Crippen LogP contribution in [0, 0.1) is 0 Å². The Bertz CT molecular complexity index is 754. The molecular formula is C15H10Cl2N2O. The van der Waals surface area contributed by atoms with Gasteiger partial charge in [0.05, 0.1) is 10.6 Å². The summed E-state index contributed by atoms with van der Waals surface area (Å²) >= 11 is 12.2. The second-order valence-electron chi connectivity index (χ2n) is 4.26. The van der Waals surface area contributed by atoms with E-state index < -0.39 is 0 Å². The molecule has 100 valence electrons. The van der Waals surface area contributed by atoms with Gasteiger partial charge in [0, 0.05) is 16.1 Å². The molecule has 1 heterocycles. The van der Waals surface area contributed by atoms with Crippen LogP contribution in [-0.2, 0) is 0 Å². The van der Waals surface area contributed by atoms with E-state index in [-0.39, 0.29) is 0 Å². The van der Waals surface area contributed by atoms with Crippen molar-refractivity contribution in [1.29, 1.82) is 0 Å². The smallest absolute Gasteiger partial charge is 0.176 e. The fourth-order valence-corrected chi connectivity index (χ4v) is 2.54. The van der Waals surface area contributed by atoms with E-state index in [1.165, 1.54) is 0 Å². The predicted molar refractivity (Wildman–Crippen MR) is 81.8 cm³/mol. The average molecular weight is 305 g/mol. The first-order valence-corrected chi connectivity index (χ1v) is 6.68. The summed E-state index contributed by atoms with van der Waals surface area (Å²) in [6, 6.07) is 14.8. The van der Waals surface area contributed by atoms with Gasteiger partial charge in [-0.3, -0.25) is 0 Å². The molecule has 0 aliphatic carbocycles. The number of rotatable bonds is 2. The molecule has 3 aromatic rings. The summed E-state index contributed by atoms with van der Waals surface area (Å²) in [5.74, 6) is 0.889. The Kier molecular flexibility index (Phi) is 3.38. The minimum absolute atomic E-state index is 0.299. The quantitative estimate of drug-likeness (QED) is 0.732. The molecule has 0 saturated carbocycles. The molecule has 3 rings (SSSR count). The van der Waals surface area contributed by atoms with Crippen molar-refractivity contribution in [2.45, 2.75) is 0 Å². The summed E-state index contributed by atoms with van der Waals surface area (Å²) < 4.78 is 5.35. The van der Waals surface area contributed by atoms with E-state index in [0.29, 0.717) is 27.2 Å². The SMILES string of the molecule is Nc1noc(-c2ccccc2)c1-c1ccc(Cl)cc1Cl. The maximum absolute atomic E-state index is 6.24. The molecule has 2 N–H and O–H groups in total. The molecule has 3 nitrogen and oxygen atoms in total. The van der Waals surface area contributed by atoms with Crippen molar-refractivity contribution in [2.75, 3.05) is 5.73 Å². The van der Waals surface area contributed by atoms with Gasteiger partial charge in [-0.25, -0.2) is 0 Å². The van der Waals surface area contributed by atoms with Gasteiger partial charge in [-0.1, -0.05) is 64.8 Å². The average Bonchev–Trinajstić information content (AvgIpc) is 2.82. The lowest BCUT2D eigenvalue weighted by atomic mass is 10.0. The molecule has 0 atom stereocenters. The number of nitrogens with zero attached hydrogens (tertiary/aromatic N) is 1. The van der Waals surface area contributed by atoms with Crippen LogP contribution >= 0.6 is 23.2 Å². The van der Waals surface area contributed by atoms with Crippen molar-refractivity contribution in [3.8, 4) is 22.5 Å². The maximum Gasteiger partial charge on any atom is 0.176 e. The van der Waals surface area contributed by atoms with Crippen molar-refractivity contribution >= 4 is 29.0 Å². The van der Waals surface area contributed by atoms with E-state index in [0.717, 1.165) is 11.1 Å². The van der Waals surface area contributed by atoms with Gasteiger partial charge in [0.2, 0.25) is 0 Å². The molecule has 1 aromatic heterocycles. The van der Waals surface area contributed by atoms with Crippen LogP contribution in [-0.4, -0.2) is 5.16 Å². The largest absolute Gasteiger partial charge is 0.380 e. The van der Waals surface area contributed by atoms with Crippen LogP contribution in [0.5, 0.6) is 0 Å². The van der Waals surface area contributed by atoms with E-state index >= 15 is 0 Å². The van der Waals surface area contributed by atoms with Crippen LogP contribution in [0.15, 0.2) is 53.1 Å². The third-order valence-electron chi connectivity index (χ3n) is 2.95. The molecule has 5 heteroatoms. The van der Waals surface area contributed by atoms with Crippen molar-refractivity contribution in [2.24, 2.45) is 0 Å². The summed E-state index contributed by atoms with van der Waals surface area (Å²) in [6.45, 7) is 0. The zero-order chi connectivity index (χ0) is 14.1. The van der Waals surface area contributed by atoms with Crippen LogP contribution in [0.25, 0.3) is 22.5 Å². The maximum atomic E-state index is 6.24. The van der Waals surface area contributed by atoms with Crippen LogP contribution in [0.1, 0.15) is 0 Å². The fourth-order valence-electron chi connectivity index (χ4n) is 2.04. The molecular weight excluding hydrogens is 295 g/mol. The normalized spacial score (nSPS) is 10.7. The Balaban J connectivity index is 2.22.